The molecule has 19 heavy (non-hydrogen) atoms. The average molecular weight is 265 g/mol. The minimum Gasteiger partial charge on any atom is -0.497 e. The van der Waals surface area contributed by atoms with Gasteiger partial charge in [-0.3, -0.25) is 4.79 Å². The van der Waals surface area contributed by atoms with E-state index >= 15 is 0 Å². The van der Waals surface area contributed by atoms with Gasteiger partial charge in [-0.2, -0.15) is 0 Å². The zero-order valence-electron chi connectivity index (χ0n) is 11.1. The van der Waals surface area contributed by atoms with Crippen molar-refractivity contribution in [2.24, 2.45) is 0 Å². The van der Waals surface area contributed by atoms with Crippen LogP contribution in [0.15, 0.2) is 24.3 Å². The lowest BCUT2D eigenvalue weighted by atomic mass is 10.1. The molecule has 0 unspecified atom stereocenters. The highest BCUT2D eigenvalue weighted by molar-refractivity contribution is 5.78. The molecule has 0 aliphatic carbocycles. The van der Waals surface area contributed by atoms with Crippen LogP contribution in [0, 0.1) is 0 Å². The number of hydrogen-bond acceptors (Lipinski definition) is 4. The second-order valence-corrected chi connectivity index (χ2v) is 4.33. The lowest BCUT2D eigenvalue weighted by Gasteiger charge is -2.10. The van der Waals surface area contributed by atoms with Gasteiger partial charge in [0.15, 0.2) is 6.29 Å². The second-order valence-electron chi connectivity index (χ2n) is 4.33. The van der Waals surface area contributed by atoms with Crippen LogP contribution in [0.25, 0.3) is 0 Å². The van der Waals surface area contributed by atoms with Gasteiger partial charge < -0.3 is 19.5 Å². The van der Waals surface area contributed by atoms with Crippen molar-refractivity contribution in [2.75, 3.05) is 26.9 Å². The van der Waals surface area contributed by atoms with Crippen LogP contribution in [0.5, 0.6) is 5.75 Å². The Kier molecular flexibility index (Phi) is 5.18. The van der Waals surface area contributed by atoms with E-state index < -0.39 is 0 Å². The predicted molar refractivity (Wildman–Crippen MR) is 70.0 cm³/mol. The Morgan fingerprint density at radius 2 is 2.00 bits per heavy atom. The molecule has 0 saturated carbocycles. The SMILES string of the molecule is COc1ccc(CC(=O)NCCC2OCCO2)cc1. The first-order valence-electron chi connectivity index (χ1n) is 6.41. The summed E-state index contributed by atoms with van der Waals surface area (Å²) in [7, 11) is 1.62. The van der Waals surface area contributed by atoms with Gasteiger partial charge in [-0.25, -0.2) is 0 Å². The Morgan fingerprint density at radius 3 is 2.63 bits per heavy atom. The van der Waals surface area contributed by atoms with Crippen LogP contribution in [0.4, 0.5) is 0 Å². The first-order chi connectivity index (χ1) is 9.28. The van der Waals surface area contributed by atoms with Crippen molar-refractivity contribution in [2.45, 2.75) is 19.1 Å². The van der Waals surface area contributed by atoms with Crippen LogP contribution in [0.3, 0.4) is 0 Å². The van der Waals surface area contributed by atoms with Crippen molar-refractivity contribution in [3.05, 3.63) is 29.8 Å². The number of benzene rings is 1. The zero-order chi connectivity index (χ0) is 13.5. The van der Waals surface area contributed by atoms with E-state index in [9.17, 15) is 4.79 Å². The standard InChI is InChI=1S/C14H19NO4/c1-17-12-4-2-11(3-5-12)10-13(16)15-7-6-14-18-8-9-19-14/h2-5,14H,6-10H2,1H3,(H,15,16). The molecule has 0 radical (unpaired) electrons. The van der Waals surface area contributed by atoms with Gasteiger partial charge in [0, 0.05) is 13.0 Å². The predicted octanol–water partition coefficient (Wildman–Crippen LogP) is 1.12. The monoisotopic (exact) mass is 265 g/mol. The van der Waals surface area contributed by atoms with Crippen LogP contribution >= 0.6 is 0 Å². The molecule has 1 N–H and O–H groups in total. The van der Waals surface area contributed by atoms with Gasteiger partial charge in [-0.05, 0) is 17.7 Å². The smallest absolute Gasteiger partial charge is 0.224 e. The van der Waals surface area contributed by atoms with E-state index in [0.717, 1.165) is 11.3 Å². The fraction of sp³-hybridized carbons (Fsp3) is 0.500. The minimum absolute atomic E-state index is 0.00293. The number of amides is 1. The van der Waals surface area contributed by atoms with Gasteiger partial charge in [0.1, 0.15) is 5.75 Å². The summed E-state index contributed by atoms with van der Waals surface area (Å²) in [5.41, 5.74) is 0.965. The molecule has 1 aromatic rings. The summed E-state index contributed by atoms with van der Waals surface area (Å²) >= 11 is 0. The van der Waals surface area contributed by atoms with E-state index in [1.165, 1.54) is 0 Å². The molecule has 0 aromatic heterocycles. The van der Waals surface area contributed by atoms with Gasteiger partial charge in [-0.1, -0.05) is 12.1 Å². The molecule has 104 valence electrons. The van der Waals surface area contributed by atoms with Crippen molar-refractivity contribution in [3.63, 3.8) is 0 Å². The Hall–Kier alpha value is -1.59. The van der Waals surface area contributed by atoms with Crippen LogP contribution < -0.4 is 10.1 Å². The maximum Gasteiger partial charge on any atom is 0.224 e. The summed E-state index contributed by atoms with van der Waals surface area (Å²) in [4.78, 5) is 11.7. The topological polar surface area (TPSA) is 56.8 Å². The van der Waals surface area contributed by atoms with Gasteiger partial charge in [0.25, 0.3) is 0 Å². The summed E-state index contributed by atoms with van der Waals surface area (Å²) in [6, 6.07) is 7.48. The summed E-state index contributed by atoms with van der Waals surface area (Å²) in [5, 5.41) is 2.86. The molecular weight excluding hydrogens is 246 g/mol. The Balaban J connectivity index is 1.68. The first-order valence-corrected chi connectivity index (χ1v) is 6.41. The summed E-state index contributed by atoms with van der Waals surface area (Å²) in [5.74, 6) is 0.794. The Labute approximate surface area is 112 Å². The fourth-order valence-electron chi connectivity index (χ4n) is 1.89. The number of carbonyl (C=O) groups excluding carboxylic acids is 1. The first kappa shape index (κ1) is 13.8. The molecule has 1 aliphatic rings. The molecule has 5 heteroatoms. The lowest BCUT2D eigenvalue weighted by Crippen LogP contribution is -2.28. The molecule has 0 spiro atoms. The van der Waals surface area contributed by atoms with Crippen molar-refractivity contribution < 1.29 is 19.0 Å². The highest BCUT2D eigenvalue weighted by Gasteiger charge is 2.15. The highest BCUT2D eigenvalue weighted by Crippen LogP contribution is 2.11. The van der Waals surface area contributed by atoms with Crippen LogP contribution in [-0.4, -0.2) is 39.1 Å². The normalized spacial score (nSPS) is 15.4. The van der Waals surface area contributed by atoms with E-state index in [4.69, 9.17) is 14.2 Å². The number of ether oxygens (including phenoxy) is 3. The quantitative estimate of drug-likeness (QED) is 0.837. The van der Waals surface area contributed by atoms with Gasteiger partial charge in [-0.15, -0.1) is 0 Å². The molecule has 1 heterocycles. The molecule has 5 nitrogen and oxygen atoms in total. The van der Waals surface area contributed by atoms with Crippen molar-refractivity contribution in [1.82, 2.24) is 5.32 Å². The van der Waals surface area contributed by atoms with E-state index in [2.05, 4.69) is 5.32 Å². The maximum atomic E-state index is 11.7. The van der Waals surface area contributed by atoms with Gasteiger partial charge in [0.05, 0.1) is 26.7 Å². The molecular formula is C14H19NO4. The molecule has 2 rings (SSSR count). The van der Waals surface area contributed by atoms with E-state index in [1.54, 1.807) is 7.11 Å². The number of hydrogen-bond donors (Lipinski definition) is 1. The third-order valence-corrected chi connectivity index (χ3v) is 2.92. The fourth-order valence-corrected chi connectivity index (χ4v) is 1.89. The van der Waals surface area contributed by atoms with E-state index in [1.807, 2.05) is 24.3 Å². The number of rotatable bonds is 6. The van der Waals surface area contributed by atoms with Gasteiger partial charge in [0.2, 0.25) is 5.91 Å². The molecule has 1 fully saturated rings. The van der Waals surface area contributed by atoms with E-state index in [0.29, 0.717) is 32.6 Å². The Morgan fingerprint density at radius 1 is 1.32 bits per heavy atom. The third-order valence-electron chi connectivity index (χ3n) is 2.92. The third kappa shape index (κ3) is 4.54. The average Bonchev–Trinajstić information content (AvgIpc) is 2.93. The molecule has 1 saturated heterocycles. The summed E-state index contributed by atoms with van der Waals surface area (Å²) in [6.07, 6.45) is 0.895. The van der Waals surface area contributed by atoms with Crippen molar-refractivity contribution >= 4 is 5.91 Å². The molecule has 1 aliphatic heterocycles. The highest BCUT2D eigenvalue weighted by atomic mass is 16.7. The molecule has 1 aromatic carbocycles. The molecule has 0 atom stereocenters. The van der Waals surface area contributed by atoms with Gasteiger partial charge >= 0.3 is 0 Å². The number of nitrogens with one attached hydrogen (secondary N) is 1. The lowest BCUT2D eigenvalue weighted by molar-refractivity contribution is -0.120. The van der Waals surface area contributed by atoms with Crippen LogP contribution in [0.2, 0.25) is 0 Å². The number of carbonyl (C=O) groups is 1. The van der Waals surface area contributed by atoms with Crippen LogP contribution in [-0.2, 0) is 20.7 Å². The minimum atomic E-state index is -0.165. The largest absolute Gasteiger partial charge is 0.497 e. The molecule has 0 bridgehead atoms. The summed E-state index contributed by atoms with van der Waals surface area (Å²) in [6.45, 7) is 1.86. The van der Waals surface area contributed by atoms with Crippen molar-refractivity contribution in [1.29, 1.82) is 0 Å². The van der Waals surface area contributed by atoms with Crippen molar-refractivity contribution in [3.8, 4) is 5.75 Å². The van der Waals surface area contributed by atoms with E-state index in [-0.39, 0.29) is 12.2 Å². The Bertz CT molecular complexity index is 398. The molecule has 1 amide bonds. The number of methoxy groups -OCH3 is 1. The zero-order valence-corrected chi connectivity index (χ0v) is 11.1. The summed E-state index contributed by atoms with van der Waals surface area (Å²) < 4.78 is 15.6. The van der Waals surface area contributed by atoms with Crippen LogP contribution in [0.1, 0.15) is 12.0 Å². The second kappa shape index (κ2) is 7.11. The maximum absolute atomic E-state index is 11.7.